The first-order valence-corrected chi connectivity index (χ1v) is 7.78. The van der Waals surface area contributed by atoms with Gasteiger partial charge in [0.2, 0.25) is 0 Å². The van der Waals surface area contributed by atoms with Crippen LogP contribution in [0.1, 0.15) is 28.2 Å². The van der Waals surface area contributed by atoms with Crippen LogP contribution in [0.15, 0.2) is 36.1 Å². The third kappa shape index (κ3) is 3.04. The quantitative estimate of drug-likeness (QED) is 0.872. The van der Waals surface area contributed by atoms with Gasteiger partial charge in [-0.1, -0.05) is 0 Å². The molecule has 3 rings (SSSR count). The molecule has 20 heavy (non-hydrogen) atoms. The van der Waals surface area contributed by atoms with Crippen molar-refractivity contribution in [2.75, 3.05) is 13.1 Å². The minimum Gasteiger partial charge on any atom is -0.339 e. The standard InChI is InChI=1S/C15H17N3OS/c19-15(13-1-5-16-6-2-13)18-8-3-12(4-9-18)11-14-17-7-10-20-14/h1-2,5-7,10,12H,3-4,8-9,11H2. The van der Waals surface area contributed by atoms with E-state index in [0.717, 1.165) is 37.9 Å². The molecular weight excluding hydrogens is 270 g/mol. The third-order valence-electron chi connectivity index (χ3n) is 3.78. The van der Waals surface area contributed by atoms with Crippen LogP contribution in [0.25, 0.3) is 0 Å². The minimum atomic E-state index is 0.125. The summed E-state index contributed by atoms with van der Waals surface area (Å²) in [6.07, 6.45) is 8.38. The van der Waals surface area contributed by atoms with Crippen molar-refractivity contribution in [3.63, 3.8) is 0 Å². The molecule has 0 unspecified atom stereocenters. The molecule has 0 N–H and O–H groups in total. The van der Waals surface area contributed by atoms with Crippen molar-refractivity contribution < 1.29 is 4.79 Å². The Morgan fingerprint density at radius 2 is 2.00 bits per heavy atom. The largest absolute Gasteiger partial charge is 0.339 e. The number of carbonyl (C=O) groups excluding carboxylic acids is 1. The van der Waals surface area contributed by atoms with Gasteiger partial charge in [0.25, 0.3) is 5.91 Å². The van der Waals surface area contributed by atoms with Crippen molar-refractivity contribution in [2.24, 2.45) is 5.92 Å². The summed E-state index contributed by atoms with van der Waals surface area (Å²) in [6.45, 7) is 1.69. The highest BCUT2D eigenvalue weighted by Gasteiger charge is 2.24. The lowest BCUT2D eigenvalue weighted by Crippen LogP contribution is -2.38. The van der Waals surface area contributed by atoms with E-state index >= 15 is 0 Å². The van der Waals surface area contributed by atoms with E-state index in [-0.39, 0.29) is 5.91 Å². The molecule has 3 heterocycles. The maximum absolute atomic E-state index is 12.3. The fraction of sp³-hybridized carbons (Fsp3) is 0.400. The lowest BCUT2D eigenvalue weighted by Gasteiger charge is -2.31. The average molecular weight is 287 g/mol. The monoisotopic (exact) mass is 287 g/mol. The molecule has 1 fully saturated rings. The Balaban J connectivity index is 1.55. The summed E-state index contributed by atoms with van der Waals surface area (Å²) >= 11 is 1.72. The number of thiazole rings is 1. The molecule has 2 aromatic rings. The Kier molecular flexibility index (Phi) is 4.06. The van der Waals surface area contributed by atoms with Gasteiger partial charge < -0.3 is 4.90 Å². The van der Waals surface area contributed by atoms with Gasteiger partial charge in [0.1, 0.15) is 0 Å². The second-order valence-electron chi connectivity index (χ2n) is 5.10. The van der Waals surface area contributed by atoms with Crippen LogP contribution >= 0.6 is 11.3 Å². The second-order valence-corrected chi connectivity index (χ2v) is 6.08. The van der Waals surface area contributed by atoms with Crippen LogP contribution in [-0.4, -0.2) is 33.9 Å². The van der Waals surface area contributed by atoms with Crippen molar-refractivity contribution in [1.29, 1.82) is 0 Å². The molecule has 1 aliphatic rings. The van der Waals surface area contributed by atoms with Crippen LogP contribution in [-0.2, 0) is 6.42 Å². The topological polar surface area (TPSA) is 46.1 Å². The minimum absolute atomic E-state index is 0.125. The number of carbonyl (C=O) groups is 1. The van der Waals surface area contributed by atoms with Gasteiger partial charge in [-0.2, -0.15) is 0 Å². The van der Waals surface area contributed by atoms with Gasteiger partial charge in [0.15, 0.2) is 0 Å². The third-order valence-corrected chi connectivity index (χ3v) is 4.58. The zero-order valence-electron chi connectivity index (χ0n) is 11.2. The van der Waals surface area contributed by atoms with E-state index in [1.165, 1.54) is 5.01 Å². The van der Waals surface area contributed by atoms with Crippen LogP contribution in [0, 0.1) is 5.92 Å². The zero-order valence-corrected chi connectivity index (χ0v) is 12.1. The Morgan fingerprint density at radius 1 is 1.25 bits per heavy atom. The van der Waals surface area contributed by atoms with Crippen molar-refractivity contribution in [3.05, 3.63) is 46.7 Å². The number of hydrogen-bond acceptors (Lipinski definition) is 4. The molecule has 5 heteroatoms. The van der Waals surface area contributed by atoms with Gasteiger partial charge in [0.05, 0.1) is 5.01 Å². The lowest BCUT2D eigenvalue weighted by molar-refractivity contribution is 0.0690. The number of rotatable bonds is 3. The van der Waals surface area contributed by atoms with Gasteiger partial charge in [-0.3, -0.25) is 9.78 Å². The van der Waals surface area contributed by atoms with E-state index in [1.807, 2.05) is 16.5 Å². The van der Waals surface area contributed by atoms with E-state index < -0.39 is 0 Å². The molecule has 0 atom stereocenters. The second kappa shape index (κ2) is 6.13. The predicted molar refractivity (Wildman–Crippen MR) is 78.7 cm³/mol. The van der Waals surface area contributed by atoms with E-state index in [2.05, 4.69) is 9.97 Å². The van der Waals surface area contributed by atoms with Crippen molar-refractivity contribution in [3.8, 4) is 0 Å². The van der Waals surface area contributed by atoms with Crippen molar-refractivity contribution in [1.82, 2.24) is 14.9 Å². The maximum Gasteiger partial charge on any atom is 0.253 e. The molecule has 1 saturated heterocycles. The van der Waals surface area contributed by atoms with Crippen LogP contribution < -0.4 is 0 Å². The number of amides is 1. The van der Waals surface area contributed by atoms with Crippen LogP contribution in [0.2, 0.25) is 0 Å². The maximum atomic E-state index is 12.3. The summed E-state index contributed by atoms with van der Waals surface area (Å²) in [6, 6.07) is 3.56. The average Bonchev–Trinajstić information content (AvgIpc) is 3.01. The number of hydrogen-bond donors (Lipinski definition) is 0. The Hall–Kier alpha value is -1.75. The van der Waals surface area contributed by atoms with Crippen LogP contribution in [0.3, 0.4) is 0 Å². The van der Waals surface area contributed by atoms with E-state index in [4.69, 9.17) is 0 Å². The van der Waals surface area contributed by atoms with Gasteiger partial charge in [-0.25, -0.2) is 4.98 Å². The number of piperidine rings is 1. The predicted octanol–water partition coefficient (Wildman–Crippen LogP) is 2.63. The van der Waals surface area contributed by atoms with Crippen molar-refractivity contribution in [2.45, 2.75) is 19.3 Å². The smallest absolute Gasteiger partial charge is 0.253 e. The normalized spacial score (nSPS) is 16.3. The summed E-state index contributed by atoms with van der Waals surface area (Å²) in [5.74, 6) is 0.780. The first kappa shape index (κ1) is 13.2. The molecule has 2 aromatic heterocycles. The Morgan fingerprint density at radius 3 is 2.65 bits per heavy atom. The Bertz CT molecular complexity index is 548. The van der Waals surface area contributed by atoms with Crippen LogP contribution in [0.4, 0.5) is 0 Å². The first-order valence-electron chi connectivity index (χ1n) is 6.90. The highest BCUT2D eigenvalue weighted by Crippen LogP contribution is 2.23. The van der Waals surface area contributed by atoms with E-state index in [9.17, 15) is 4.79 Å². The molecule has 0 saturated carbocycles. The fourth-order valence-electron chi connectivity index (χ4n) is 2.62. The number of likely N-dealkylation sites (tertiary alicyclic amines) is 1. The van der Waals surface area contributed by atoms with Crippen molar-refractivity contribution >= 4 is 17.2 Å². The Labute approximate surface area is 122 Å². The van der Waals surface area contributed by atoms with Crippen LogP contribution in [0.5, 0.6) is 0 Å². The molecule has 0 bridgehead atoms. The summed E-state index contributed by atoms with van der Waals surface area (Å²) in [7, 11) is 0. The summed E-state index contributed by atoms with van der Waals surface area (Å²) < 4.78 is 0. The molecule has 104 valence electrons. The molecule has 1 aliphatic heterocycles. The number of nitrogens with zero attached hydrogens (tertiary/aromatic N) is 3. The highest BCUT2D eigenvalue weighted by molar-refractivity contribution is 7.09. The lowest BCUT2D eigenvalue weighted by atomic mass is 9.93. The van der Waals surface area contributed by atoms with Gasteiger partial charge in [0, 0.05) is 49.0 Å². The van der Waals surface area contributed by atoms with Gasteiger partial charge in [-0.15, -0.1) is 11.3 Å². The first-order chi connectivity index (χ1) is 9.83. The molecule has 1 amide bonds. The van der Waals surface area contributed by atoms with Gasteiger partial charge >= 0.3 is 0 Å². The molecule has 0 aromatic carbocycles. The fourth-order valence-corrected chi connectivity index (χ4v) is 3.35. The highest BCUT2D eigenvalue weighted by atomic mass is 32.1. The summed E-state index contributed by atoms with van der Waals surface area (Å²) in [4.78, 5) is 22.6. The van der Waals surface area contributed by atoms with E-state index in [0.29, 0.717) is 5.92 Å². The molecular formula is C15H17N3OS. The molecule has 0 aliphatic carbocycles. The van der Waals surface area contributed by atoms with E-state index in [1.54, 1.807) is 35.9 Å². The SMILES string of the molecule is O=C(c1ccncc1)N1CCC(Cc2nccs2)CC1. The molecule has 0 radical (unpaired) electrons. The summed E-state index contributed by atoms with van der Waals surface area (Å²) in [5.41, 5.74) is 0.735. The zero-order chi connectivity index (χ0) is 13.8. The molecule has 4 nitrogen and oxygen atoms in total. The molecule has 0 spiro atoms. The number of pyridine rings is 1. The number of aromatic nitrogens is 2. The van der Waals surface area contributed by atoms with Gasteiger partial charge in [-0.05, 0) is 30.9 Å². The summed E-state index contributed by atoms with van der Waals surface area (Å²) in [5, 5.41) is 3.24.